The van der Waals surface area contributed by atoms with Crippen LogP contribution in [-0.2, 0) is 4.74 Å². The van der Waals surface area contributed by atoms with Crippen molar-refractivity contribution in [3.8, 4) is 0 Å². The van der Waals surface area contributed by atoms with Crippen molar-refractivity contribution < 1.29 is 4.74 Å². The lowest BCUT2D eigenvalue weighted by molar-refractivity contribution is 0.202. The van der Waals surface area contributed by atoms with E-state index in [0.717, 1.165) is 0 Å². The van der Waals surface area contributed by atoms with Crippen LogP contribution in [0.4, 0.5) is 0 Å². The van der Waals surface area contributed by atoms with E-state index < -0.39 is 0 Å². The van der Waals surface area contributed by atoms with Crippen LogP contribution >= 0.6 is 23.2 Å². The average Bonchev–Trinajstić information content (AvgIpc) is 1.68. The largest absolute Gasteiger partial charge is 0.383 e. The molecular formula is C4H8Cl2O. The van der Waals surface area contributed by atoms with E-state index >= 15 is 0 Å². The van der Waals surface area contributed by atoms with Gasteiger partial charge in [-0.05, 0) is 0 Å². The van der Waals surface area contributed by atoms with Gasteiger partial charge in [-0.2, -0.15) is 0 Å². The van der Waals surface area contributed by atoms with Crippen molar-refractivity contribution in [3.63, 3.8) is 0 Å². The van der Waals surface area contributed by atoms with E-state index in [4.69, 9.17) is 23.2 Å². The van der Waals surface area contributed by atoms with Gasteiger partial charge in [0, 0.05) is 13.0 Å². The van der Waals surface area contributed by atoms with Crippen molar-refractivity contribution >= 4 is 23.2 Å². The Morgan fingerprint density at radius 3 is 2.43 bits per heavy atom. The summed E-state index contributed by atoms with van der Waals surface area (Å²) in [4.78, 5) is 0. The third-order valence-electron chi connectivity index (χ3n) is 0.515. The molecule has 0 unspecified atom stereocenters. The van der Waals surface area contributed by atoms with Crippen molar-refractivity contribution in [2.75, 3.05) is 19.6 Å². The predicted octanol–water partition coefficient (Wildman–Crippen LogP) is 1.48. The van der Waals surface area contributed by atoms with Gasteiger partial charge in [0.2, 0.25) is 0 Å². The molecule has 0 amide bonds. The molecule has 1 nitrogen and oxygen atoms in total. The van der Waals surface area contributed by atoms with E-state index in [1.54, 1.807) is 7.11 Å². The Bertz CT molecular complexity index is 40.7. The van der Waals surface area contributed by atoms with E-state index in [2.05, 4.69) is 4.74 Å². The van der Waals surface area contributed by atoms with E-state index in [-0.39, 0.29) is 5.38 Å². The summed E-state index contributed by atoms with van der Waals surface area (Å²) in [6.45, 7) is 0.533. The summed E-state index contributed by atoms with van der Waals surface area (Å²) in [6, 6.07) is 0. The molecular weight excluding hydrogens is 135 g/mol. The van der Waals surface area contributed by atoms with Crippen LogP contribution in [0, 0.1) is 0 Å². The number of alkyl halides is 2. The normalized spacial score (nSPS) is 14.1. The van der Waals surface area contributed by atoms with Crippen LogP contribution in [0.2, 0.25) is 0 Å². The molecule has 0 aliphatic heterocycles. The maximum Gasteiger partial charge on any atom is 0.0704 e. The highest BCUT2D eigenvalue weighted by Gasteiger charge is 1.97. The molecule has 0 aromatic rings. The predicted molar refractivity (Wildman–Crippen MR) is 32.2 cm³/mol. The van der Waals surface area contributed by atoms with Crippen LogP contribution in [0.3, 0.4) is 0 Å². The lowest BCUT2D eigenvalue weighted by Gasteiger charge is -1.99. The second-order valence-corrected chi connectivity index (χ2v) is 2.13. The van der Waals surface area contributed by atoms with Gasteiger partial charge in [-0.1, -0.05) is 0 Å². The topological polar surface area (TPSA) is 9.23 Å². The van der Waals surface area contributed by atoms with E-state index in [9.17, 15) is 0 Å². The summed E-state index contributed by atoms with van der Waals surface area (Å²) < 4.78 is 4.68. The number of methoxy groups -OCH3 is 1. The van der Waals surface area contributed by atoms with Crippen LogP contribution in [0.25, 0.3) is 0 Å². The van der Waals surface area contributed by atoms with Gasteiger partial charge in [-0.25, -0.2) is 0 Å². The summed E-state index contributed by atoms with van der Waals surface area (Å²) in [5.74, 6) is 0.454. The zero-order chi connectivity index (χ0) is 5.70. The molecule has 0 heterocycles. The molecule has 0 aliphatic rings. The molecule has 0 spiro atoms. The molecule has 0 rings (SSSR count). The van der Waals surface area contributed by atoms with Gasteiger partial charge >= 0.3 is 0 Å². The van der Waals surface area contributed by atoms with Crippen LogP contribution in [0.1, 0.15) is 0 Å². The van der Waals surface area contributed by atoms with Gasteiger partial charge in [0.1, 0.15) is 0 Å². The quantitative estimate of drug-likeness (QED) is 0.543. The van der Waals surface area contributed by atoms with Gasteiger partial charge in [-0.15, -0.1) is 23.2 Å². The number of halogens is 2. The fraction of sp³-hybridized carbons (Fsp3) is 1.00. The maximum atomic E-state index is 5.51. The van der Waals surface area contributed by atoms with Crippen molar-refractivity contribution in [3.05, 3.63) is 0 Å². The van der Waals surface area contributed by atoms with E-state index in [1.807, 2.05) is 0 Å². The number of ether oxygens (including phenoxy) is 1. The van der Waals surface area contributed by atoms with Crippen molar-refractivity contribution in [2.45, 2.75) is 5.38 Å². The molecule has 0 aromatic heterocycles. The first-order valence-electron chi connectivity index (χ1n) is 2.00. The van der Waals surface area contributed by atoms with Crippen LogP contribution in [0.5, 0.6) is 0 Å². The molecule has 0 saturated carbocycles. The van der Waals surface area contributed by atoms with Crippen LogP contribution < -0.4 is 0 Å². The third kappa shape index (κ3) is 4.39. The zero-order valence-corrected chi connectivity index (χ0v) is 5.67. The fourth-order valence-corrected chi connectivity index (χ4v) is 0.440. The van der Waals surface area contributed by atoms with Crippen LogP contribution in [-0.4, -0.2) is 25.0 Å². The molecule has 0 radical (unpaired) electrons. The standard InChI is InChI=1S/C4H8Cl2O/c1-7-3-4(6)2-5/h4H,2-3H2,1H3/t4-/m1/s1. The minimum Gasteiger partial charge on any atom is -0.383 e. The SMILES string of the molecule is COC[C@H](Cl)CCl. The summed E-state index contributed by atoms with van der Waals surface area (Å²) in [6.07, 6.45) is 0. The van der Waals surface area contributed by atoms with Gasteiger partial charge in [0.05, 0.1) is 12.0 Å². The van der Waals surface area contributed by atoms with Gasteiger partial charge in [0.25, 0.3) is 0 Å². The Balaban J connectivity index is 2.83. The highest BCUT2D eigenvalue weighted by atomic mass is 35.5. The molecule has 0 aliphatic carbocycles. The monoisotopic (exact) mass is 142 g/mol. The minimum atomic E-state index is -0.0355. The highest BCUT2D eigenvalue weighted by Crippen LogP contribution is 1.96. The molecule has 0 fully saturated rings. The summed E-state index contributed by atoms with van der Waals surface area (Å²) in [7, 11) is 1.60. The Kier molecular flexibility index (Phi) is 5.05. The molecule has 7 heavy (non-hydrogen) atoms. The number of hydrogen-bond acceptors (Lipinski definition) is 1. The first-order chi connectivity index (χ1) is 3.31. The number of hydrogen-bond donors (Lipinski definition) is 0. The lowest BCUT2D eigenvalue weighted by Crippen LogP contribution is -2.07. The minimum absolute atomic E-state index is 0.0355. The van der Waals surface area contributed by atoms with Crippen molar-refractivity contribution in [1.29, 1.82) is 0 Å². The summed E-state index contributed by atoms with van der Waals surface area (Å²) in [5, 5.41) is -0.0355. The third-order valence-corrected chi connectivity index (χ3v) is 1.33. The second-order valence-electron chi connectivity index (χ2n) is 1.21. The molecule has 0 saturated heterocycles. The van der Waals surface area contributed by atoms with Gasteiger partial charge in [-0.3, -0.25) is 0 Å². The van der Waals surface area contributed by atoms with Gasteiger partial charge < -0.3 is 4.74 Å². The molecule has 44 valence electrons. The molecule has 0 bridgehead atoms. The Morgan fingerprint density at radius 2 is 2.29 bits per heavy atom. The summed E-state index contributed by atoms with van der Waals surface area (Å²) >= 11 is 10.8. The molecule has 3 heteroatoms. The first-order valence-corrected chi connectivity index (χ1v) is 2.97. The van der Waals surface area contributed by atoms with E-state index in [1.165, 1.54) is 0 Å². The zero-order valence-electron chi connectivity index (χ0n) is 4.16. The first kappa shape index (κ1) is 7.54. The van der Waals surface area contributed by atoms with Gasteiger partial charge in [0.15, 0.2) is 0 Å². The Hall–Kier alpha value is 0.540. The van der Waals surface area contributed by atoms with E-state index in [0.29, 0.717) is 12.5 Å². The Morgan fingerprint density at radius 1 is 1.71 bits per heavy atom. The lowest BCUT2D eigenvalue weighted by atomic mass is 10.5. The number of rotatable bonds is 3. The fourth-order valence-electron chi connectivity index (χ4n) is 0.225. The van der Waals surface area contributed by atoms with Crippen molar-refractivity contribution in [2.24, 2.45) is 0 Å². The highest BCUT2D eigenvalue weighted by molar-refractivity contribution is 6.28. The molecule has 0 N–H and O–H groups in total. The second kappa shape index (κ2) is 4.69. The average molecular weight is 143 g/mol. The van der Waals surface area contributed by atoms with Crippen molar-refractivity contribution in [1.82, 2.24) is 0 Å². The maximum absolute atomic E-state index is 5.51. The van der Waals surface area contributed by atoms with Crippen LogP contribution in [0.15, 0.2) is 0 Å². The Labute approximate surface area is 53.6 Å². The smallest absolute Gasteiger partial charge is 0.0704 e. The molecule has 1 atom stereocenters. The summed E-state index contributed by atoms with van der Waals surface area (Å²) in [5.41, 5.74) is 0. The molecule has 0 aromatic carbocycles.